The lowest BCUT2D eigenvalue weighted by Gasteiger charge is -2.12. The summed E-state index contributed by atoms with van der Waals surface area (Å²) < 4.78 is 25.8. The molecule has 1 unspecified atom stereocenters. The summed E-state index contributed by atoms with van der Waals surface area (Å²) in [5.74, 6) is 0. The first kappa shape index (κ1) is 22.5. The number of nitrogens with zero attached hydrogens (tertiary/aromatic N) is 3. The number of nitrogens with two attached hydrogens (primary N) is 1. The molecule has 1 amide bonds. The van der Waals surface area contributed by atoms with E-state index in [4.69, 9.17) is 10.2 Å². The van der Waals surface area contributed by atoms with Gasteiger partial charge in [0, 0.05) is 28.9 Å². The first-order valence-corrected chi connectivity index (χ1v) is 12.2. The van der Waals surface area contributed by atoms with Gasteiger partial charge in [-0.2, -0.15) is 5.10 Å². The SMILES string of the molecule is CC(NC(=O)O)c1ccc(-c2cnc3c(-c4ccc(S(N)(=O)=O)c5ccccc45)cnn3c2)cc1. The van der Waals surface area contributed by atoms with E-state index in [-0.39, 0.29) is 10.9 Å². The molecule has 0 fully saturated rings. The number of benzene rings is 3. The third-order valence-electron chi connectivity index (χ3n) is 5.92. The van der Waals surface area contributed by atoms with E-state index in [0.29, 0.717) is 11.0 Å². The van der Waals surface area contributed by atoms with Gasteiger partial charge in [-0.25, -0.2) is 27.9 Å². The Hall–Kier alpha value is -4.28. The van der Waals surface area contributed by atoms with Crippen molar-refractivity contribution >= 4 is 32.5 Å². The Morgan fingerprint density at radius 1 is 0.971 bits per heavy atom. The third kappa shape index (κ3) is 4.20. The predicted molar refractivity (Wildman–Crippen MR) is 132 cm³/mol. The summed E-state index contributed by atoms with van der Waals surface area (Å²) in [5.41, 5.74) is 4.78. The van der Waals surface area contributed by atoms with E-state index in [1.54, 1.807) is 42.0 Å². The van der Waals surface area contributed by atoms with Gasteiger partial charge >= 0.3 is 6.09 Å². The fraction of sp³-hybridized carbons (Fsp3) is 0.0800. The van der Waals surface area contributed by atoms with Crippen LogP contribution in [-0.2, 0) is 10.0 Å². The van der Waals surface area contributed by atoms with Gasteiger partial charge in [0.1, 0.15) is 0 Å². The second-order valence-corrected chi connectivity index (χ2v) is 9.69. The molecular formula is C25H21N5O4S. The van der Waals surface area contributed by atoms with E-state index >= 15 is 0 Å². The Morgan fingerprint density at radius 3 is 2.37 bits per heavy atom. The minimum atomic E-state index is -3.88. The monoisotopic (exact) mass is 487 g/mol. The van der Waals surface area contributed by atoms with Crippen LogP contribution in [0.4, 0.5) is 4.79 Å². The van der Waals surface area contributed by atoms with Gasteiger partial charge in [0.15, 0.2) is 5.65 Å². The summed E-state index contributed by atoms with van der Waals surface area (Å²) in [6.45, 7) is 1.78. The largest absolute Gasteiger partial charge is 0.465 e. The average molecular weight is 488 g/mol. The molecule has 0 aliphatic heterocycles. The Kier molecular flexibility index (Phi) is 5.46. The highest BCUT2D eigenvalue weighted by atomic mass is 32.2. The standard InChI is InChI=1S/C25H21N5O4S/c1-15(29-25(31)32)16-6-8-17(9-7-16)18-12-27-24-22(13-28-30(24)14-18)20-10-11-23(35(26,33)34)21-5-3-2-4-19(20)21/h2-15,29H,1H3,(H,31,32)(H2,26,33,34). The van der Waals surface area contributed by atoms with Gasteiger partial charge in [0.05, 0.1) is 17.1 Å². The molecule has 3 aromatic carbocycles. The molecule has 0 saturated heterocycles. The number of hydrogen-bond acceptors (Lipinski definition) is 5. The second-order valence-electron chi connectivity index (χ2n) is 8.16. The van der Waals surface area contributed by atoms with Crippen molar-refractivity contribution in [3.8, 4) is 22.3 Å². The number of aromatic nitrogens is 3. The Morgan fingerprint density at radius 2 is 1.69 bits per heavy atom. The highest BCUT2D eigenvalue weighted by Gasteiger charge is 2.18. The molecule has 1 atom stereocenters. The van der Waals surface area contributed by atoms with Crippen molar-refractivity contribution in [2.24, 2.45) is 5.14 Å². The van der Waals surface area contributed by atoms with Crippen LogP contribution < -0.4 is 10.5 Å². The Bertz CT molecular complexity index is 1690. The lowest BCUT2D eigenvalue weighted by Crippen LogP contribution is -2.24. The van der Waals surface area contributed by atoms with Crippen LogP contribution in [0.2, 0.25) is 0 Å². The molecule has 0 bridgehead atoms. The number of sulfonamides is 1. The van der Waals surface area contributed by atoms with Crippen molar-refractivity contribution in [2.75, 3.05) is 0 Å². The molecular weight excluding hydrogens is 466 g/mol. The van der Waals surface area contributed by atoms with Gasteiger partial charge in [-0.15, -0.1) is 0 Å². The van der Waals surface area contributed by atoms with Crippen molar-refractivity contribution in [1.29, 1.82) is 0 Å². The van der Waals surface area contributed by atoms with E-state index in [9.17, 15) is 13.2 Å². The molecule has 5 rings (SSSR count). The number of primary sulfonamides is 1. The molecule has 0 aliphatic rings. The van der Waals surface area contributed by atoms with Crippen LogP contribution in [0.1, 0.15) is 18.5 Å². The molecule has 0 spiro atoms. The zero-order valence-electron chi connectivity index (χ0n) is 18.6. The third-order valence-corrected chi connectivity index (χ3v) is 6.89. The fourth-order valence-corrected chi connectivity index (χ4v) is 4.94. The minimum Gasteiger partial charge on any atom is -0.465 e. The van der Waals surface area contributed by atoms with Crippen LogP contribution in [0.25, 0.3) is 38.7 Å². The molecule has 4 N–H and O–H groups in total. The summed E-state index contributed by atoms with van der Waals surface area (Å²) in [5, 5.41) is 22.5. The van der Waals surface area contributed by atoms with E-state index in [0.717, 1.165) is 33.2 Å². The molecule has 0 radical (unpaired) electrons. The Balaban J connectivity index is 1.54. The molecule has 2 aromatic heterocycles. The minimum absolute atomic E-state index is 0.0693. The van der Waals surface area contributed by atoms with Crippen molar-refractivity contribution in [3.05, 3.63) is 84.8 Å². The highest BCUT2D eigenvalue weighted by Crippen LogP contribution is 2.34. The van der Waals surface area contributed by atoms with Crippen molar-refractivity contribution in [2.45, 2.75) is 17.9 Å². The van der Waals surface area contributed by atoms with Gasteiger partial charge in [-0.3, -0.25) is 0 Å². The second kappa shape index (κ2) is 8.49. The summed E-state index contributed by atoms with van der Waals surface area (Å²) >= 11 is 0. The van der Waals surface area contributed by atoms with Crippen LogP contribution in [0.15, 0.2) is 84.1 Å². The van der Waals surface area contributed by atoms with Crippen LogP contribution in [0.3, 0.4) is 0 Å². The quantitative estimate of drug-likeness (QED) is 0.340. The van der Waals surface area contributed by atoms with Gasteiger partial charge in [0.25, 0.3) is 0 Å². The maximum Gasteiger partial charge on any atom is 0.405 e. The lowest BCUT2D eigenvalue weighted by molar-refractivity contribution is 0.191. The Labute approximate surface area is 200 Å². The van der Waals surface area contributed by atoms with Crippen molar-refractivity contribution in [3.63, 3.8) is 0 Å². The number of hydrogen-bond donors (Lipinski definition) is 3. The molecule has 0 saturated carbocycles. The van der Waals surface area contributed by atoms with E-state index in [1.165, 1.54) is 6.07 Å². The van der Waals surface area contributed by atoms with Crippen LogP contribution in [0.5, 0.6) is 0 Å². The molecule has 9 nitrogen and oxygen atoms in total. The number of nitrogens with one attached hydrogen (secondary N) is 1. The number of amides is 1. The van der Waals surface area contributed by atoms with E-state index < -0.39 is 16.1 Å². The van der Waals surface area contributed by atoms with Gasteiger partial charge < -0.3 is 10.4 Å². The van der Waals surface area contributed by atoms with Crippen LogP contribution >= 0.6 is 0 Å². The van der Waals surface area contributed by atoms with Crippen LogP contribution in [-0.4, -0.2) is 34.2 Å². The molecule has 176 valence electrons. The lowest BCUT2D eigenvalue weighted by atomic mass is 10.00. The highest BCUT2D eigenvalue weighted by molar-refractivity contribution is 7.89. The number of rotatable bonds is 5. The van der Waals surface area contributed by atoms with Crippen LogP contribution in [0, 0.1) is 0 Å². The van der Waals surface area contributed by atoms with Gasteiger partial charge in [-0.05, 0) is 35.1 Å². The molecule has 10 heteroatoms. The maximum absolute atomic E-state index is 12.1. The summed E-state index contributed by atoms with van der Waals surface area (Å²) in [6.07, 6.45) is 4.24. The fourth-order valence-electron chi connectivity index (χ4n) is 4.20. The van der Waals surface area contributed by atoms with Gasteiger partial charge in [0.2, 0.25) is 10.0 Å². The predicted octanol–water partition coefficient (Wildman–Crippen LogP) is 4.19. The van der Waals surface area contributed by atoms with Crippen molar-refractivity contribution in [1.82, 2.24) is 19.9 Å². The first-order valence-electron chi connectivity index (χ1n) is 10.7. The normalized spacial score (nSPS) is 12.6. The maximum atomic E-state index is 12.1. The topological polar surface area (TPSA) is 140 Å². The molecule has 2 heterocycles. The molecule has 5 aromatic rings. The number of fused-ring (bicyclic) bond motifs is 2. The smallest absolute Gasteiger partial charge is 0.405 e. The molecule has 35 heavy (non-hydrogen) atoms. The average Bonchev–Trinajstić information content (AvgIpc) is 3.25. The number of carboxylic acid groups (broad SMARTS) is 1. The zero-order valence-corrected chi connectivity index (χ0v) is 19.4. The summed E-state index contributed by atoms with van der Waals surface area (Å²) in [4.78, 5) is 15.6. The summed E-state index contributed by atoms with van der Waals surface area (Å²) in [6, 6.07) is 17.6. The van der Waals surface area contributed by atoms with E-state index in [1.807, 2.05) is 42.6 Å². The van der Waals surface area contributed by atoms with E-state index in [2.05, 4.69) is 15.4 Å². The molecule has 0 aliphatic carbocycles. The number of carbonyl (C=O) groups is 1. The first-order chi connectivity index (χ1) is 16.7. The summed E-state index contributed by atoms with van der Waals surface area (Å²) in [7, 11) is -3.88. The van der Waals surface area contributed by atoms with Gasteiger partial charge in [-0.1, -0.05) is 54.6 Å². The van der Waals surface area contributed by atoms with Crippen molar-refractivity contribution < 1.29 is 18.3 Å². The zero-order chi connectivity index (χ0) is 24.7.